The third kappa shape index (κ3) is 14.5. The molecule has 2 aromatic carbocycles. The van der Waals surface area contributed by atoms with Crippen molar-refractivity contribution in [3.8, 4) is 0 Å². The number of aromatic nitrogens is 4. The fourth-order valence-corrected chi connectivity index (χ4v) is 12.1. The van der Waals surface area contributed by atoms with Crippen molar-refractivity contribution >= 4 is 72.6 Å². The molecule has 28 heteroatoms. The van der Waals surface area contributed by atoms with Gasteiger partial charge in [0.15, 0.2) is 5.71 Å². The molecular formula is C55H67N12O14S2+. The Kier molecular flexibility index (Phi) is 18.4. The van der Waals surface area contributed by atoms with E-state index in [1.54, 1.807) is 31.7 Å². The number of piperazine rings is 2. The molecule has 0 radical (unpaired) electrons. The van der Waals surface area contributed by atoms with Gasteiger partial charge in [0.25, 0.3) is 32.1 Å². The lowest BCUT2D eigenvalue weighted by molar-refractivity contribution is -0.438. The fourth-order valence-electron chi connectivity index (χ4n) is 10.9. The standard InChI is InChI=1S/C55H66N12O14S2/c1-54(2)42-32-40(52(70)62-26-22-60(23-27-62)50(68)36-58-34-48(56-38-58)66(72)73)16-18-44(42)64(20-10-12-30-82(76,77)78)46(54)14-8-6-5-7-9-15-47-55(3,4)43-33-41(17-19-45(43)65(47)21-11-13-31-83(79,80)81)53(71)63-28-24-61(25-29-63)51(69)37-59-35-49(57-39-59)67(74)75/h5-9,14-19,32-35,38-39H,10-13,20-31,36-37H2,1-4H3,(H-,76,77,78,79,80,81)/p+1. The second-order valence-electron chi connectivity index (χ2n) is 21.7. The second-order valence-corrected chi connectivity index (χ2v) is 24.9. The summed E-state index contributed by atoms with van der Waals surface area (Å²) in [4.78, 5) is 91.0. The predicted octanol–water partition coefficient (Wildman–Crippen LogP) is 4.93. The number of allylic oxidation sites excluding steroid dienone is 8. The summed E-state index contributed by atoms with van der Waals surface area (Å²) in [7, 11) is -8.34. The van der Waals surface area contributed by atoms with Gasteiger partial charge in [-0.1, -0.05) is 44.2 Å². The van der Waals surface area contributed by atoms with E-state index in [1.165, 1.54) is 34.2 Å². The number of imidazole rings is 2. The SMILES string of the molecule is CC1(C)C(=CC=CC=CC=CC2=[N+](CCCCS(=O)(=O)O)c3ccc(C(=O)N4CCN(C(=O)Cn5cnc([N+](=O)[O-])c5)CC4)cc3C2(C)C)N(CCCCS(=O)(=O)O)c2ccc(C(=O)N3CCN(C(=O)Cn4cnc([N+](=O)[O-])c4)CC3)cc21. The Morgan fingerprint density at radius 2 is 1.10 bits per heavy atom. The van der Waals surface area contributed by atoms with Gasteiger partial charge >= 0.3 is 11.6 Å². The smallest absolute Gasteiger partial charge is 0.358 e. The van der Waals surface area contributed by atoms with Gasteiger partial charge in [0, 0.05) is 111 Å². The van der Waals surface area contributed by atoms with Gasteiger partial charge in [-0.15, -0.1) is 0 Å². The molecule has 4 amide bonds. The Morgan fingerprint density at radius 3 is 1.60 bits per heavy atom. The second kappa shape index (κ2) is 25.1. The van der Waals surface area contributed by atoms with Crippen LogP contribution in [0, 0.1) is 20.2 Å². The molecule has 2 saturated heterocycles. The number of anilines is 1. The molecule has 4 aliphatic rings. The maximum Gasteiger partial charge on any atom is 0.381 e. The highest BCUT2D eigenvalue weighted by molar-refractivity contribution is 7.86. The van der Waals surface area contributed by atoms with Crippen molar-refractivity contribution in [3.05, 3.63) is 152 Å². The third-order valence-electron chi connectivity index (χ3n) is 15.4. The van der Waals surface area contributed by atoms with E-state index in [0.717, 1.165) is 33.9 Å². The number of nitro groups is 2. The van der Waals surface area contributed by atoms with Gasteiger partial charge in [0.05, 0.1) is 16.9 Å². The first-order chi connectivity index (χ1) is 39.2. The molecule has 2 N–H and O–H groups in total. The highest BCUT2D eigenvalue weighted by atomic mass is 32.2. The minimum absolute atomic E-state index is 0.125. The average Bonchev–Trinajstić information content (AvgIpc) is 2.63. The van der Waals surface area contributed by atoms with Crippen molar-refractivity contribution < 1.29 is 59.5 Å². The summed E-state index contributed by atoms with van der Waals surface area (Å²) in [6, 6.07) is 11.0. The van der Waals surface area contributed by atoms with Crippen LogP contribution in [-0.2, 0) is 53.7 Å². The van der Waals surface area contributed by atoms with Crippen LogP contribution in [0.1, 0.15) is 85.2 Å². The molecule has 0 spiro atoms. The molecule has 4 aromatic rings. The summed E-state index contributed by atoms with van der Waals surface area (Å²) in [6.07, 6.45) is 19.4. The van der Waals surface area contributed by atoms with Crippen molar-refractivity contribution in [3.63, 3.8) is 0 Å². The van der Waals surface area contributed by atoms with E-state index in [0.29, 0.717) is 37.1 Å². The lowest BCUT2D eigenvalue weighted by Gasteiger charge is -2.35. The summed E-state index contributed by atoms with van der Waals surface area (Å²) in [5, 5.41) is 22.1. The van der Waals surface area contributed by atoms with Gasteiger partial charge in [-0.05, 0) is 94.9 Å². The number of hydrogen-bond donors (Lipinski definition) is 2. The third-order valence-corrected chi connectivity index (χ3v) is 17.0. The highest BCUT2D eigenvalue weighted by Crippen LogP contribution is 2.48. The average molecular weight is 1180 g/mol. The van der Waals surface area contributed by atoms with E-state index in [4.69, 9.17) is 0 Å². The molecule has 0 saturated carbocycles. The molecule has 2 fully saturated rings. The van der Waals surface area contributed by atoms with Crippen LogP contribution in [0.4, 0.5) is 23.0 Å². The number of fused-ring (bicyclic) bond motifs is 2. The number of hydrogen-bond acceptors (Lipinski definition) is 15. The highest BCUT2D eigenvalue weighted by Gasteiger charge is 2.45. The Labute approximate surface area is 480 Å². The topological polar surface area (TPSA) is 318 Å². The maximum atomic E-state index is 14.0. The van der Waals surface area contributed by atoms with E-state index in [1.807, 2.05) is 94.5 Å². The van der Waals surface area contributed by atoms with Crippen LogP contribution in [0.25, 0.3) is 0 Å². The van der Waals surface area contributed by atoms with Crippen LogP contribution in [0.3, 0.4) is 0 Å². The first kappa shape index (κ1) is 60.9. The Bertz CT molecular complexity index is 3580. The summed E-state index contributed by atoms with van der Waals surface area (Å²) in [5.41, 5.74) is 4.88. The van der Waals surface area contributed by atoms with Gasteiger partial charge in [-0.2, -0.15) is 21.4 Å². The van der Waals surface area contributed by atoms with E-state index in [9.17, 15) is 65.3 Å². The van der Waals surface area contributed by atoms with Gasteiger partial charge in [0.2, 0.25) is 30.2 Å². The van der Waals surface area contributed by atoms with E-state index in [-0.39, 0.29) is 125 Å². The number of benzene rings is 2. The Hall–Kier alpha value is -8.21. The van der Waals surface area contributed by atoms with Gasteiger partial charge < -0.3 is 53.9 Å². The van der Waals surface area contributed by atoms with Gasteiger partial charge in [0.1, 0.15) is 32.0 Å². The van der Waals surface area contributed by atoms with Crippen molar-refractivity contribution in [1.82, 2.24) is 38.7 Å². The van der Waals surface area contributed by atoms with Crippen molar-refractivity contribution in [2.45, 2.75) is 77.3 Å². The lowest BCUT2D eigenvalue weighted by Crippen LogP contribution is -2.51. The fraction of sp³-hybridized carbons (Fsp3) is 0.436. The molecule has 442 valence electrons. The zero-order valence-corrected chi connectivity index (χ0v) is 48.2. The molecule has 0 bridgehead atoms. The molecule has 0 unspecified atom stereocenters. The largest absolute Gasteiger partial charge is 0.381 e. The minimum atomic E-state index is -4.17. The molecule has 8 rings (SSSR count). The number of rotatable bonds is 22. The number of carbonyl (C=O) groups is 4. The quantitative estimate of drug-likeness (QED) is 0.0263. The summed E-state index contributed by atoms with van der Waals surface area (Å²) in [5.74, 6) is -2.42. The van der Waals surface area contributed by atoms with Gasteiger partial charge in [-0.3, -0.25) is 28.3 Å². The van der Waals surface area contributed by atoms with Crippen molar-refractivity contribution in [2.75, 3.05) is 81.9 Å². The molecule has 83 heavy (non-hydrogen) atoms. The number of carbonyl (C=O) groups excluding carboxylic acids is 4. The number of nitrogens with zero attached hydrogens (tertiary/aromatic N) is 12. The zero-order chi connectivity index (χ0) is 60.0. The van der Waals surface area contributed by atoms with Crippen LogP contribution in [0.2, 0.25) is 0 Å². The number of unbranched alkanes of at least 4 members (excludes halogenated alkanes) is 2. The van der Waals surface area contributed by atoms with Crippen LogP contribution >= 0.6 is 0 Å². The van der Waals surface area contributed by atoms with E-state index >= 15 is 0 Å². The van der Waals surface area contributed by atoms with Crippen LogP contribution in [0.15, 0.2) is 110 Å². The molecule has 26 nitrogen and oxygen atoms in total. The molecule has 2 aromatic heterocycles. The van der Waals surface area contributed by atoms with Crippen LogP contribution in [-0.4, -0.2) is 185 Å². The minimum Gasteiger partial charge on any atom is -0.358 e. The summed E-state index contributed by atoms with van der Waals surface area (Å²) in [6.45, 7) is 11.0. The Morgan fingerprint density at radius 1 is 0.627 bits per heavy atom. The first-order valence-corrected chi connectivity index (χ1v) is 30.2. The predicted molar refractivity (Wildman–Crippen MR) is 306 cm³/mol. The van der Waals surface area contributed by atoms with Crippen LogP contribution < -0.4 is 4.90 Å². The maximum absolute atomic E-state index is 14.0. The van der Waals surface area contributed by atoms with E-state index in [2.05, 4.69) is 19.4 Å². The summed E-state index contributed by atoms with van der Waals surface area (Å²) < 4.78 is 70.1. The lowest BCUT2D eigenvalue weighted by atomic mass is 9.80. The normalized spacial score (nSPS) is 17.6. The molecule has 0 aliphatic carbocycles. The van der Waals surface area contributed by atoms with Crippen molar-refractivity contribution in [2.24, 2.45) is 0 Å². The first-order valence-electron chi connectivity index (χ1n) is 27.0. The van der Waals surface area contributed by atoms with Gasteiger partial charge in [-0.25, -0.2) is 0 Å². The molecular weight excluding hydrogens is 1120 g/mol. The Balaban J connectivity index is 0.945. The monoisotopic (exact) mass is 1180 g/mol. The van der Waals surface area contributed by atoms with Crippen molar-refractivity contribution in [1.29, 1.82) is 0 Å². The molecule has 4 aliphatic heterocycles. The number of amides is 4. The summed E-state index contributed by atoms with van der Waals surface area (Å²) >= 11 is 0. The van der Waals surface area contributed by atoms with E-state index < -0.39 is 40.9 Å². The molecule has 6 heterocycles. The van der Waals surface area contributed by atoms with Crippen LogP contribution in [0.5, 0.6) is 0 Å². The molecule has 0 atom stereocenters. The zero-order valence-electron chi connectivity index (χ0n) is 46.5.